The second kappa shape index (κ2) is 6.40. The third kappa shape index (κ3) is 2.87. The molecule has 1 fully saturated rings. The first-order chi connectivity index (χ1) is 11.8. The molecular weight excluding hydrogens is 298 g/mol. The third-order valence-corrected chi connectivity index (χ3v) is 4.62. The minimum atomic E-state index is -0.101. The first kappa shape index (κ1) is 14.8. The van der Waals surface area contributed by atoms with Crippen LogP contribution in [0.4, 0.5) is 11.4 Å². The zero-order chi connectivity index (χ0) is 16.4. The summed E-state index contributed by atoms with van der Waals surface area (Å²) in [6.45, 7) is 2.11. The van der Waals surface area contributed by atoms with Crippen LogP contribution in [0.15, 0.2) is 54.6 Å². The minimum Gasteiger partial charge on any atom is -0.370 e. The first-order valence-electron chi connectivity index (χ1n) is 8.54. The number of H-pyrrole nitrogens is 1. The number of carbonyl (C=O) groups is 1. The number of carbonyl (C=O) groups excluding carboxylic acids is 1. The van der Waals surface area contributed by atoms with Crippen molar-refractivity contribution in [2.75, 3.05) is 23.3 Å². The number of hydrogen-bond donors (Lipinski definition) is 2. The van der Waals surface area contributed by atoms with Crippen molar-refractivity contribution >= 4 is 28.2 Å². The standard InChI is InChI=1S/C20H21N3O/c24-20(18-14-15-8-2-3-9-16(15)21-18)22-17-10-4-5-11-19(17)23-12-6-1-7-13-23/h2-5,8-11,14,21H,1,6-7,12-13H2,(H,22,24). The Hall–Kier alpha value is -2.75. The Labute approximate surface area is 141 Å². The second-order valence-corrected chi connectivity index (χ2v) is 6.29. The predicted octanol–water partition coefficient (Wildman–Crippen LogP) is 4.41. The summed E-state index contributed by atoms with van der Waals surface area (Å²) < 4.78 is 0. The summed E-state index contributed by atoms with van der Waals surface area (Å²) in [5.74, 6) is -0.101. The van der Waals surface area contributed by atoms with Crippen LogP contribution in [0.5, 0.6) is 0 Å². The SMILES string of the molecule is O=C(Nc1ccccc1N1CCCCC1)c1cc2ccccc2[nH]1. The average molecular weight is 319 g/mol. The summed E-state index contributed by atoms with van der Waals surface area (Å²) in [4.78, 5) is 18.2. The highest BCUT2D eigenvalue weighted by atomic mass is 16.1. The highest BCUT2D eigenvalue weighted by molar-refractivity contribution is 6.07. The Morgan fingerprint density at radius 3 is 2.54 bits per heavy atom. The number of rotatable bonds is 3. The molecule has 0 saturated carbocycles. The molecule has 0 radical (unpaired) electrons. The molecule has 2 heterocycles. The van der Waals surface area contributed by atoms with E-state index in [4.69, 9.17) is 0 Å². The zero-order valence-corrected chi connectivity index (χ0v) is 13.6. The van der Waals surface area contributed by atoms with Crippen LogP contribution in [0.1, 0.15) is 29.8 Å². The van der Waals surface area contributed by atoms with Crippen molar-refractivity contribution in [1.82, 2.24) is 4.98 Å². The molecule has 4 rings (SSSR count). The Morgan fingerprint density at radius 1 is 0.958 bits per heavy atom. The van der Waals surface area contributed by atoms with Gasteiger partial charge in [0.15, 0.2) is 0 Å². The minimum absolute atomic E-state index is 0.101. The number of aromatic nitrogens is 1. The molecule has 24 heavy (non-hydrogen) atoms. The van der Waals surface area contributed by atoms with Crippen molar-refractivity contribution in [3.05, 3.63) is 60.3 Å². The average Bonchev–Trinajstić information content (AvgIpc) is 3.07. The van der Waals surface area contributed by atoms with E-state index in [0.29, 0.717) is 5.69 Å². The lowest BCUT2D eigenvalue weighted by atomic mass is 10.1. The van der Waals surface area contributed by atoms with E-state index in [1.807, 2.05) is 48.5 Å². The van der Waals surface area contributed by atoms with E-state index in [9.17, 15) is 4.79 Å². The number of benzene rings is 2. The summed E-state index contributed by atoms with van der Waals surface area (Å²) in [7, 11) is 0. The topological polar surface area (TPSA) is 48.1 Å². The van der Waals surface area contributed by atoms with E-state index in [2.05, 4.69) is 21.3 Å². The van der Waals surface area contributed by atoms with Crippen molar-refractivity contribution in [3.63, 3.8) is 0 Å². The predicted molar refractivity (Wildman–Crippen MR) is 98.8 cm³/mol. The molecule has 1 aliphatic heterocycles. The maximum Gasteiger partial charge on any atom is 0.272 e. The molecule has 2 aromatic carbocycles. The zero-order valence-electron chi connectivity index (χ0n) is 13.6. The fourth-order valence-electron chi connectivity index (χ4n) is 3.38. The van der Waals surface area contributed by atoms with Crippen LogP contribution < -0.4 is 10.2 Å². The molecular formula is C20H21N3O. The smallest absolute Gasteiger partial charge is 0.272 e. The molecule has 1 aromatic heterocycles. The molecule has 1 saturated heterocycles. The van der Waals surface area contributed by atoms with Gasteiger partial charge in [-0.2, -0.15) is 0 Å². The first-order valence-corrected chi connectivity index (χ1v) is 8.54. The summed E-state index contributed by atoms with van der Waals surface area (Å²) >= 11 is 0. The van der Waals surface area contributed by atoms with Crippen LogP contribution in [-0.2, 0) is 0 Å². The Bertz CT molecular complexity index is 829. The van der Waals surface area contributed by atoms with Gasteiger partial charge in [0, 0.05) is 24.0 Å². The van der Waals surface area contributed by atoms with Crippen molar-refractivity contribution in [2.24, 2.45) is 0 Å². The van der Waals surface area contributed by atoms with Crippen LogP contribution >= 0.6 is 0 Å². The van der Waals surface area contributed by atoms with Gasteiger partial charge in [-0.05, 0) is 43.5 Å². The molecule has 0 unspecified atom stereocenters. The van der Waals surface area contributed by atoms with Crippen LogP contribution in [0.25, 0.3) is 10.9 Å². The van der Waals surface area contributed by atoms with E-state index in [0.717, 1.165) is 35.4 Å². The van der Waals surface area contributed by atoms with Crippen LogP contribution in [0.2, 0.25) is 0 Å². The largest absolute Gasteiger partial charge is 0.370 e. The molecule has 3 aromatic rings. The summed E-state index contributed by atoms with van der Waals surface area (Å²) in [6, 6.07) is 17.9. The molecule has 1 amide bonds. The quantitative estimate of drug-likeness (QED) is 0.751. The van der Waals surface area contributed by atoms with Crippen LogP contribution in [-0.4, -0.2) is 24.0 Å². The Balaban J connectivity index is 1.59. The van der Waals surface area contributed by atoms with Gasteiger partial charge in [-0.25, -0.2) is 0 Å². The third-order valence-electron chi connectivity index (χ3n) is 4.62. The normalized spacial score (nSPS) is 14.8. The number of fused-ring (bicyclic) bond motifs is 1. The van der Waals surface area contributed by atoms with E-state index in [1.54, 1.807) is 0 Å². The number of hydrogen-bond acceptors (Lipinski definition) is 2. The number of nitrogens with one attached hydrogen (secondary N) is 2. The van der Waals surface area contributed by atoms with Gasteiger partial charge in [-0.3, -0.25) is 4.79 Å². The number of piperidine rings is 1. The highest BCUT2D eigenvalue weighted by Gasteiger charge is 2.16. The van der Waals surface area contributed by atoms with E-state index >= 15 is 0 Å². The lowest BCUT2D eigenvalue weighted by Gasteiger charge is -2.30. The number of aromatic amines is 1. The van der Waals surface area contributed by atoms with Gasteiger partial charge in [0.1, 0.15) is 5.69 Å². The number of nitrogens with zero attached hydrogens (tertiary/aromatic N) is 1. The van der Waals surface area contributed by atoms with Crippen molar-refractivity contribution in [1.29, 1.82) is 0 Å². The van der Waals surface area contributed by atoms with Gasteiger partial charge >= 0.3 is 0 Å². The fraction of sp³-hybridized carbons (Fsp3) is 0.250. The van der Waals surface area contributed by atoms with Gasteiger partial charge in [0.05, 0.1) is 11.4 Å². The summed E-state index contributed by atoms with van der Waals surface area (Å²) in [5.41, 5.74) is 3.56. The molecule has 0 atom stereocenters. The summed E-state index contributed by atoms with van der Waals surface area (Å²) in [5, 5.41) is 4.12. The summed E-state index contributed by atoms with van der Waals surface area (Å²) in [6.07, 6.45) is 3.72. The number of anilines is 2. The maximum absolute atomic E-state index is 12.7. The van der Waals surface area contributed by atoms with Gasteiger partial charge in [0.2, 0.25) is 0 Å². The van der Waals surface area contributed by atoms with E-state index in [-0.39, 0.29) is 5.91 Å². The van der Waals surface area contributed by atoms with Crippen LogP contribution in [0.3, 0.4) is 0 Å². The second-order valence-electron chi connectivity index (χ2n) is 6.29. The van der Waals surface area contributed by atoms with Crippen molar-refractivity contribution in [2.45, 2.75) is 19.3 Å². The molecule has 2 N–H and O–H groups in total. The molecule has 0 spiro atoms. The van der Waals surface area contributed by atoms with E-state index in [1.165, 1.54) is 19.3 Å². The number of amides is 1. The molecule has 122 valence electrons. The van der Waals surface area contributed by atoms with E-state index < -0.39 is 0 Å². The van der Waals surface area contributed by atoms with Gasteiger partial charge in [-0.1, -0.05) is 30.3 Å². The van der Waals surface area contributed by atoms with Crippen LogP contribution in [0, 0.1) is 0 Å². The Kier molecular flexibility index (Phi) is 3.95. The highest BCUT2D eigenvalue weighted by Crippen LogP contribution is 2.28. The molecule has 0 bridgehead atoms. The lowest BCUT2D eigenvalue weighted by molar-refractivity contribution is 0.102. The maximum atomic E-state index is 12.7. The fourth-order valence-corrected chi connectivity index (χ4v) is 3.38. The van der Waals surface area contributed by atoms with Gasteiger partial charge in [-0.15, -0.1) is 0 Å². The van der Waals surface area contributed by atoms with Gasteiger partial charge < -0.3 is 15.2 Å². The van der Waals surface area contributed by atoms with Crippen molar-refractivity contribution in [3.8, 4) is 0 Å². The molecule has 4 nitrogen and oxygen atoms in total. The molecule has 0 aliphatic carbocycles. The van der Waals surface area contributed by atoms with Crippen molar-refractivity contribution < 1.29 is 4.79 Å². The number of para-hydroxylation sites is 3. The molecule has 1 aliphatic rings. The molecule has 4 heteroatoms. The lowest BCUT2D eigenvalue weighted by Crippen LogP contribution is -2.30. The van der Waals surface area contributed by atoms with Gasteiger partial charge in [0.25, 0.3) is 5.91 Å². The monoisotopic (exact) mass is 319 g/mol. The Morgan fingerprint density at radius 2 is 1.71 bits per heavy atom.